The molecule has 0 amide bonds. The van der Waals surface area contributed by atoms with Gasteiger partial charge in [-0.15, -0.1) is 0 Å². The summed E-state index contributed by atoms with van der Waals surface area (Å²) in [5.74, 6) is 0. The molecule has 0 unspecified atom stereocenters. The van der Waals surface area contributed by atoms with Crippen LogP contribution in [-0.4, -0.2) is 0 Å². The molecule has 0 saturated carbocycles. The molecule has 13 heavy (non-hydrogen) atoms. The Labute approximate surface area is 80.7 Å². The third-order valence-electron chi connectivity index (χ3n) is 2.43. The Bertz CT molecular complexity index is 311. The standard InChI is InChI=1S/C13H16/c1-5-7-13-9-12(6-2)10(3)8-11(13)4/h5-7H,1-2,4,8-9H2,3H3/b13-7-. The summed E-state index contributed by atoms with van der Waals surface area (Å²) in [6, 6.07) is 0. The fourth-order valence-corrected chi connectivity index (χ4v) is 1.59. The fourth-order valence-electron chi connectivity index (χ4n) is 1.59. The molecule has 0 aromatic carbocycles. The minimum Gasteiger partial charge on any atom is -0.0991 e. The zero-order valence-electron chi connectivity index (χ0n) is 8.27. The molecule has 0 heteroatoms. The van der Waals surface area contributed by atoms with E-state index in [-0.39, 0.29) is 0 Å². The zero-order valence-corrected chi connectivity index (χ0v) is 8.27. The van der Waals surface area contributed by atoms with Gasteiger partial charge in [0.05, 0.1) is 0 Å². The quantitative estimate of drug-likeness (QED) is 0.591. The van der Waals surface area contributed by atoms with Gasteiger partial charge in [-0.1, -0.05) is 43.5 Å². The molecule has 0 aliphatic heterocycles. The van der Waals surface area contributed by atoms with Gasteiger partial charge in [-0.2, -0.15) is 0 Å². The summed E-state index contributed by atoms with van der Waals surface area (Å²) in [5.41, 5.74) is 5.22. The molecule has 0 fully saturated rings. The minimum atomic E-state index is 0.959. The molecule has 68 valence electrons. The van der Waals surface area contributed by atoms with Crippen molar-refractivity contribution in [2.75, 3.05) is 0 Å². The minimum absolute atomic E-state index is 0.959. The van der Waals surface area contributed by atoms with Crippen LogP contribution in [0.15, 0.2) is 60.3 Å². The first-order chi connectivity index (χ1) is 6.19. The number of hydrogen-bond acceptors (Lipinski definition) is 0. The normalized spacial score (nSPS) is 20.7. The molecule has 0 saturated heterocycles. The highest BCUT2D eigenvalue weighted by molar-refractivity contribution is 5.46. The second-order valence-electron chi connectivity index (χ2n) is 3.39. The molecule has 0 aromatic rings. The molecule has 0 spiro atoms. The van der Waals surface area contributed by atoms with Crippen LogP contribution in [0, 0.1) is 0 Å². The van der Waals surface area contributed by atoms with E-state index < -0.39 is 0 Å². The third-order valence-corrected chi connectivity index (χ3v) is 2.43. The van der Waals surface area contributed by atoms with E-state index >= 15 is 0 Å². The average molecular weight is 172 g/mol. The second kappa shape index (κ2) is 4.08. The maximum atomic E-state index is 4.05. The maximum absolute atomic E-state index is 4.05. The molecule has 0 N–H and O–H groups in total. The van der Waals surface area contributed by atoms with Gasteiger partial charge in [-0.05, 0) is 36.5 Å². The largest absolute Gasteiger partial charge is 0.0991 e. The summed E-state index contributed by atoms with van der Waals surface area (Å²) < 4.78 is 0. The summed E-state index contributed by atoms with van der Waals surface area (Å²) in [5, 5.41) is 0. The van der Waals surface area contributed by atoms with Crippen molar-refractivity contribution in [3.8, 4) is 0 Å². The molecular formula is C13H16. The molecule has 0 heterocycles. The third kappa shape index (κ3) is 2.09. The van der Waals surface area contributed by atoms with Crippen molar-refractivity contribution in [2.45, 2.75) is 19.8 Å². The zero-order chi connectivity index (χ0) is 9.84. The van der Waals surface area contributed by atoms with Gasteiger partial charge in [-0.25, -0.2) is 0 Å². The molecule has 0 atom stereocenters. The van der Waals surface area contributed by atoms with Crippen molar-refractivity contribution in [3.63, 3.8) is 0 Å². The molecule has 0 bridgehead atoms. The highest BCUT2D eigenvalue weighted by atomic mass is 14.2. The van der Waals surface area contributed by atoms with Gasteiger partial charge in [0.15, 0.2) is 0 Å². The molecule has 0 nitrogen and oxygen atoms in total. The van der Waals surface area contributed by atoms with Crippen LogP contribution < -0.4 is 0 Å². The van der Waals surface area contributed by atoms with Gasteiger partial charge in [-0.3, -0.25) is 0 Å². The molecule has 1 aliphatic carbocycles. The fraction of sp³-hybridized carbons (Fsp3) is 0.231. The number of hydrogen-bond donors (Lipinski definition) is 0. The van der Waals surface area contributed by atoms with Gasteiger partial charge in [0, 0.05) is 0 Å². The molecule has 1 aliphatic rings. The van der Waals surface area contributed by atoms with Crippen LogP contribution in [0.4, 0.5) is 0 Å². The predicted octanol–water partition coefficient (Wildman–Crippen LogP) is 3.95. The van der Waals surface area contributed by atoms with E-state index in [2.05, 4.69) is 26.7 Å². The Morgan fingerprint density at radius 2 is 1.92 bits per heavy atom. The Morgan fingerprint density at radius 1 is 1.23 bits per heavy atom. The highest BCUT2D eigenvalue weighted by Crippen LogP contribution is 2.32. The lowest BCUT2D eigenvalue weighted by Gasteiger charge is -2.20. The van der Waals surface area contributed by atoms with Crippen molar-refractivity contribution in [3.05, 3.63) is 60.3 Å². The van der Waals surface area contributed by atoms with E-state index in [9.17, 15) is 0 Å². The maximum Gasteiger partial charge on any atom is -0.00238 e. The first kappa shape index (κ1) is 9.79. The van der Waals surface area contributed by atoms with Crippen LogP contribution in [0.25, 0.3) is 0 Å². The van der Waals surface area contributed by atoms with Gasteiger partial charge in [0.1, 0.15) is 0 Å². The van der Waals surface area contributed by atoms with Crippen molar-refractivity contribution < 1.29 is 0 Å². The van der Waals surface area contributed by atoms with Crippen molar-refractivity contribution >= 4 is 0 Å². The van der Waals surface area contributed by atoms with E-state index in [1.54, 1.807) is 0 Å². The summed E-state index contributed by atoms with van der Waals surface area (Å²) in [6.45, 7) is 13.7. The van der Waals surface area contributed by atoms with Crippen LogP contribution in [0.5, 0.6) is 0 Å². The van der Waals surface area contributed by atoms with Crippen LogP contribution in [0.1, 0.15) is 19.8 Å². The Balaban J connectivity index is 3.00. The second-order valence-corrected chi connectivity index (χ2v) is 3.39. The first-order valence-corrected chi connectivity index (χ1v) is 4.49. The average Bonchev–Trinajstić information content (AvgIpc) is 2.10. The van der Waals surface area contributed by atoms with Gasteiger partial charge >= 0.3 is 0 Å². The van der Waals surface area contributed by atoms with Gasteiger partial charge in [0.2, 0.25) is 0 Å². The summed E-state index contributed by atoms with van der Waals surface area (Å²) in [6.07, 6.45) is 7.74. The van der Waals surface area contributed by atoms with Gasteiger partial charge in [0.25, 0.3) is 0 Å². The molecule has 1 rings (SSSR count). The first-order valence-electron chi connectivity index (χ1n) is 4.49. The summed E-state index contributed by atoms with van der Waals surface area (Å²) in [7, 11) is 0. The molecule has 0 aromatic heterocycles. The predicted molar refractivity (Wildman–Crippen MR) is 59.6 cm³/mol. The van der Waals surface area contributed by atoms with Gasteiger partial charge < -0.3 is 0 Å². The Morgan fingerprint density at radius 3 is 2.46 bits per heavy atom. The molecular weight excluding hydrogens is 156 g/mol. The lowest BCUT2D eigenvalue weighted by molar-refractivity contribution is 0.973. The van der Waals surface area contributed by atoms with E-state index in [0.29, 0.717) is 0 Å². The van der Waals surface area contributed by atoms with E-state index in [1.807, 2.05) is 18.2 Å². The lowest BCUT2D eigenvalue weighted by Crippen LogP contribution is -2.01. The van der Waals surface area contributed by atoms with E-state index in [0.717, 1.165) is 12.8 Å². The monoisotopic (exact) mass is 172 g/mol. The van der Waals surface area contributed by atoms with Crippen LogP contribution in [0.2, 0.25) is 0 Å². The topological polar surface area (TPSA) is 0 Å². The van der Waals surface area contributed by atoms with Crippen molar-refractivity contribution in [2.24, 2.45) is 0 Å². The molecule has 0 radical (unpaired) electrons. The van der Waals surface area contributed by atoms with E-state index in [1.165, 1.54) is 22.3 Å². The van der Waals surface area contributed by atoms with Crippen molar-refractivity contribution in [1.29, 1.82) is 0 Å². The summed E-state index contributed by atoms with van der Waals surface area (Å²) >= 11 is 0. The van der Waals surface area contributed by atoms with Crippen LogP contribution >= 0.6 is 0 Å². The number of allylic oxidation sites excluding steroid dienone is 7. The smallest absolute Gasteiger partial charge is 0.00238 e. The van der Waals surface area contributed by atoms with Crippen LogP contribution in [0.3, 0.4) is 0 Å². The van der Waals surface area contributed by atoms with E-state index in [4.69, 9.17) is 0 Å². The summed E-state index contributed by atoms with van der Waals surface area (Å²) in [4.78, 5) is 0. The number of rotatable bonds is 2. The Kier molecular flexibility index (Phi) is 3.07. The van der Waals surface area contributed by atoms with Crippen molar-refractivity contribution in [1.82, 2.24) is 0 Å². The lowest BCUT2D eigenvalue weighted by atomic mass is 9.85. The Hall–Kier alpha value is -1.30. The highest BCUT2D eigenvalue weighted by Gasteiger charge is 2.13. The SMILES string of the molecule is C=C/C=C1/CC(C=C)=C(C)CC1=C. The van der Waals surface area contributed by atoms with Crippen LogP contribution in [-0.2, 0) is 0 Å².